The maximum Gasteiger partial charge on any atom is 0.461 e. The number of aromatic nitrogens is 2. The van der Waals surface area contributed by atoms with Crippen LogP contribution in [0.5, 0.6) is 0 Å². The van der Waals surface area contributed by atoms with E-state index in [9.17, 15) is 26.7 Å². The van der Waals surface area contributed by atoms with E-state index in [1.54, 1.807) is 0 Å². The maximum atomic E-state index is 12.5. The van der Waals surface area contributed by atoms with Crippen molar-refractivity contribution in [2.75, 3.05) is 0 Å². The van der Waals surface area contributed by atoms with Crippen LogP contribution in [0, 0.1) is 0 Å². The number of ketones is 1. The smallest absolute Gasteiger partial charge is 0.461 e. The van der Waals surface area contributed by atoms with E-state index >= 15 is 0 Å². The van der Waals surface area contributed by atoms with Crippen LogP contribution in [-0.4, -0.2) is 33.2 Å². The van der Waals surface area contributed by atoms with E-state index in [0.29, 0.717) is 0 Å². The van der Waals surface area contributed by atoms with E-state index in [2.05, 4.69) is 10.2 Å². The van der Waals surface area contributed by atoms with Crippen LogP contribution in [0.4, 0.5) is 22.0 Å². The van der Waals surface area contributed by atoms with Gasteiger partial charge in [0.2, 0.25) is 5.78 Å². The van der Waals surface area contributed by atoms with Gasteiger partial charge in [-0.1, -0.05) is 0 Å². The Bertz CT molecular complexity index is 470. The lowest BCUT2D eigenvalue weighted by Crippen LogP contribution is -2.43. The molecule has 1 N–H and O–H groups in total. The third kappa shape index (κ3) is 2.79. The highest BCUT2D eigenvalue weighted by Crippen LogP contribution is 2.36. The summed E-state index contributed by atoms with van der Waals surface area (Å²) in [4.78, 5) is 10.7. The molecule has 0 saturated heterocycles. The minimum atomic E-state index is -6.02. The zero-order chi connectivity index (χ0) is 14.0. The quantitative estimate of drug-likeness (QED) is 0.518. The van der Waals surface area contributed by atoms with Gasteiger partial charge in [0.25, 0.3) is 0 Å². The largest absolute Gasteiger partial charge is 0.505 e. The molecule has 1 rings (SSSR count). The first-order valence-corrected chi connectivity index (χ1v) is 4.34. The van der Waals surface area contributed by atoms with Crippen molar-refractivity contribution in [3.05, 3.63) is 30.1 Å². The molecule has 0 bridgehead atoms. The number of alkyl halides is 5. The van der Waals surface area contributed by atoms with Gasteiger partial charge in [-0.3, -0.25) is 4.79 Å². The van der Waals surface area contributed by atoms with Crippen molar-refractivity contribution >= 4 is 11.5 Å². The number of rotatable bonds is 3. The Balaban J connectivity index is 3.01. The molecule has 0 spiro atoms. The van der Waals surface area contributed by atoms with Crippen molar-refractivity contribution in [3.8, 4) is 0 Å². The van der Waals surface area contributed by atoms with Crippen LogP contribution in [0.2, 0.25) is 0 Å². The summed E-state index contributed by atoms with van der Waals surface area (Å²) in [5.41, 5.74) is -0.399. The lowest BCUT2D eigenvalue weighted by molar-refractivity contribution is -0.266. The molecule has 0 aliphatic rings. The van der Waals surface area contributed by atoms with Crippen molar-refractivity contribution < 1.29 is 31.9 Å². The number of aliphatic hydroxyl groups is 1. The van der Waals surface area contributed by atoms with Crippen molar-refractivity contribution in [1.29, 1.82) is 0 Å². The molecule has 1 aromatic rings. The van der Waals surface area contributed by atoms with Crippen molar-refractivity contribution in [1.82, 2.24) is 10.2 Å². The topological polar surface area (TPSA) is 63.1 Å². The molecule has 0 aliphatic carbocycles. The summed E-state index contributed by atoms with van der Waals surface area (Å²) in [5.74, 6) is -9.28. The molecule has 0 aliphatic heterocycles. The number of halogens is 5. The third-order valence-corrected chi connectivity index (χ3v) is 1.77. The first-order chi connectivity index (χ1) is 8.16. The van der Waals surface area contributed by atoms with E-state index in [1.807, 2.05) is 0 Å². The van der Waals surface area contributed by atoms with E-state index in [4.69, 9.17) is 5.11 Å². The minimum Gasteiger partial charge on any atom is -0.505 e. The normalized spacial score (nSPS) is 13.5. The molecule has 1 heterocycles. The summed E-state index contributed by atoms with van der Waals surface area (Å²) < 4.78 is 60.5. The SMILES string of the molecule is O=C(/C=C(\O)c1cccnn1)C(F)(F)C(F)(F)F. The molecule has 0 radical (unpaired) electrons. The lowest BCUT2D eigenvalue weighted by atomic mass is 10.1. The molecule has 0 unspecified atom stereocenters. The summed E-state index contributed by atoms with van der Waals surface area (Å²) in [6.07, 6.45) is -5.08. The highest BCUT2D eigenvalue weighted by atomic mass is 19.4. The van der Waals surface area contributed by atoms with Gasteiger partial charge in [0.05, 0.1) is 0 Å². The Morgan fingerprint density at radius 2 is 1.89 bits per heavy atom. The first kappa shape index (κ1) is 14.0. The van der Waals surface area contributed by atoms with Crippen molar-refractivity contribution in [2.45, 2.75) is 12.1 Å². The summed E-state index contributed by atoms with van der Waals surface area (Å²) in [7, 11) is 0. The van der Waals surface area contributed by atoms with Crippen LogP contribution in [-0.2, 0) is 4.79 Å². The summed E-state index contributed by atoms with van der Waals surface area (Å²) in [5, 5.41) is 15.6. The van der Waals surface area contributed by atoms with Crippen LogP contribution < -0.4 is 0 Å². The lowest BCUT2D eigenvalue weighted by Gasteiger charge is -2.16. The number of nitrogens with zero attached hydrogens (tertiary/aromatic N) is 2. The van der Waals surface area contributed by atoms with Crippen LogP contribution in [0.3, 0.4) is 0 Å². The number of carbonyl (C=O) groups is 1. The molecule has 4 nitrogen and oxygen atoms in total. The van der Waals surface area contributed by atoms with E-state index in [1.165, 1.54) is 12.3 Å². The number of hydrogen-bond acceptors (Lipinski definition) is 4. The van der Waals surface area contributed by atoms with Crippen LogP contribution in [0.25, 0.3) is 5.76 Å². The summed E-state index contributed by atoms with van der Waals surface area (Å²) in [6.45, 7) is 0. The Hall–Kier alpha value is -2.06. The molecule has 0 amide bonds. The number of aliphatic hydroxyl groups excluding tert-OH is 1. The molecule has 18 heavy (non-hydrogen) atoms. The molecule has 0 saturated carbocycles. The Labute approximate surface area is 96.8 Å². The minimum absolute atomic E-state index is 0.239. The molecule has 1 aromatic heterocycles. The highest BCUT2D eigenvalue weighted by Gasteiger charge is 2.62. The number of allylic oxidation sites excluding steroid dienone is 1. The van der Waals surface area contributed by atoms with Gasteiger partial charge >= 0.3 is 12.1 Å². The monoisotopic (exact) mass is 268 g/mol. The second-order valence-corrected chi connectivity index (χ2v) is 3.07. The van der Waals surface area contributed by atoms with Crippen LogP contribution in [0.15, 0.2) is 24.4 Å². The van der Waals surface area contributed by atoms with Gasteiger partial charge in [-0.15, -0.1) is 5.10 Å². The average molecular weight is 268 g/mol. The van der Waals surface area contributed by atoms with Gasteiger partial charge in [-0.05, 0) is 12.1 Å². The van der Waals surface area contributed by atoms with Crippen LogP contribution >= 0.6 is 0 Å². The summed E-state index contributed by atoms with van der Waals surface area (Å²) in [6, 6.07) is 2.33. The van der Waals surface area contributed by atoms with Crippen molar-refractivity contribution in [2.24, 2.45) is 0 Å². The fourth-order valence-corrected chi connectivity index (χ4v) is 0.867. The van der Waals surface area contributed by atoms with Gasteiger partial charge in [-0.2, -0.15) is 27.1 Å². The van der Waals surface area contributed by atoms with Gasteiger partial charge in [0.1, 0.15) is 11.5 Å². The molecule has 98 valence electrons. The number of hydrogen-bond donors (Lipinski definition) is 1. The zero-order valence-electron chi connectivity index (χ0n) is 8.45. The van der Waals surface area contributed by atoms with E-state index in [0.717, 1.165) is 6.07 Å². The van der Waals surface area contributed by atoms with Gasteiger partial charge in [0.15, 0.2) is 0 Å². The van der Waals surface area contributed by atoms with Gasteiger partial charge in [-0.25, -0.2) is 0 Å². The molecular formula is C9H5F5N2O2. The fourth-order valence-electron chi connectivity index (χ4n) is 0.867. The van der Waals surface area contributed by atoms with Crippen molar-refractivity contribution in [3.63, 3.8) is 0 Å². The zero-order valence-corrected chi connectivity index (χ0v) is 8.45. The Morgan fingerprint density at radius 1 is 1.28 bits per heavy atom. The average Bonchev–Trinajstić information content (AvgIpc) is 2.28. The molecule has 0 fully saturated rings. The maximum absolute atomic E-state index is 12.5. The summed E-state index contributed by atoms with van der Waals surface area (Å²) >= 11 is 0. The Morgan fingerprint density at radius 3 is 2.33 bits per heavy atom. The number of carbonyl (C=O) groups excluding carboxylic acids is 1. The second-order valence-electron chi connectivity index (χ2n) is 3.07. The molecule has 0 aromatic carbocycles. The van der Waals surface area contributed by atoms with E-state index < -0.39 is 29.3 Å². The standard InChI is InChI=1S/C9H5F5N2O2/c10-8(11,9(12,13)14)7(18)4-6(17)5-2-1-3-15-16-5/h1-4,17H/b6-4-. The molecular weight excluding hydrogens is 263 g/mol. The van der Waals surface area contributed by atoms with Gasteiger partial charge < -0.3 is 5.11 Å². The highest BCUT2D eigenvalue weighted by molar-refractivity contribution is 6.00. The Kier molecular flexibility index (Phi) is 3.63. The fraction of sp³-hybridized carbons (Fsp3) is 0.222. The predicted octanol–water partition coefficient (Wildman–Crippen LogP) is 2.14. The molecule has 9 heteroatoms. The predicted molar refractivity (Wildman–Crippen MR) is 48.6 cm³/mol. The van der Waals surface area contributed by atoms with Crippen LogP contribution in [0.1, 0.15) is 5.69 Å². The van der Waals surface area contributed by atoms with E-state index in [-0.39, 0.29) is 6.08 Å². The first-order valence-electron chi connectivity index (χ1n) is 4.34. The third-order valence-electron chi connectivity index (χ3n) is 1.77. The second kappa shape index (κ2) is 4.67. The van der Waals surface area contributed by atoms with Gasteiger partial charge in [0, 0.05) is 12.3 Å². The molecule has 0 atom stereocenters.